The molecule has 4 aliphatic carbocycles. The minimum absolute atomic E-state index is 0.0359. The molecule has 5 fully saturated rings. The Morgan fingerprint density at radius 2 is 1.74 bits per heavy atom. The molecular weight excluding hydrogens is 460 g/mol. The zero-order valence-corrected chi connectivity index (χ0v) is 21.7. The van der Waals surface area contributed by atoms with E-state index in [1.807, 2.05) is 6.07 Å². The number of amides is 1. The number of sulfonamides is 1. The van der Waals surface area contributed by atoms with E-state index < -0.39 is 10.0 Å². The van der Waals surface area contributed by atoms with Gasteiger partial charge >= 0.3 is 0 Å². The number of nitrogens with zero attached hydrogens (tertiary/aromatic N) is 3. The van der Waals surface area contributed by atoms with Crippen molar-refractivity contribution < 1.29 is 13.2 Å². The lowest BCUT2D eigenvalue weighted by molar-refractivity contribution is -0.126. The predicted molar refractivity (Wildman–Crippen MR) is 135 cm³/mol. The monoisotopic (exact) mass is 498 g/mol. The predicted octanol–water partition coefficient (Wildman–Crippen LogP) is 4.25. The van der Waals surface area contributed by atoms with E-state index in [0.717, 1.165) is 74.2 Å². The molecule has 8 heteroatoms. The van der Waals surface area contributed by atoms with Crippen molar-refractivity contribution in [2.45, 2.75) is 94.5 Å². The zero-order valence-electron chi connectivity index (χ0n) is 20.8. The second kappa shape index (κ2) is 8.87. The molecule has 190 valence electrons. The van der Waals surface area contributed by atoms with Gasteiger partial charge in [-0.1, -0.05) is 6.92 Å². The van der Waals surface area contributed by atoms with Crippen LogP contribution in [0, 0.1) is 17.8 Å². The van der Waals surface area contributed by atoms with Crippen LogP contribution in [-0.4, -0.2) is 46.8 Å². The molecule has 4 saturated carbocycles. The van der Waals surface area contributed by atoms with Crippen molar-refractivity contribution in [3.63, 3.8) is 0 Å². The van der Waals surface area contributed by atoms with Crippen molar-refractivity contribution in [1.29, 1.82) is 0 Å². The first-order valence-electron chi connectivity index (χ1n) is 13.7. The maximum Gasteiger partial charge on any atom is 0.243 e. The molecule has 1 aliphatic heterocycles. The molecule has 2 heterocycles. The van der Waals surface area contributed by atoms with Gasteiger partial charge in [-0.25, -0.2) is 13.4 Å². The van der Waals surface area contributed by atoms with Gasteiger partial charge in [0.2, 0.25) is 15.9 Å². The summed E-state index contributed by atoms with van der Waals surface area (Å²) in [7, 11) is -3.48. The van der Waals surface area contributed by atoms with Crippen molar-refractivity contribution in [2.24, 2.45) is 17.8 Å². The lowest BCUT2D eigenvalue weighted by atomic mass is 9.53. The molecule has 5 aliphatic rings. The summed E-state index contributed by atoms with van der Waals surface area (Å²) in [5.41, 5.74) is 1.69. The molecule has 1 aromatic carbocycles. The van der Waals surface area contributed by atoms with Gasteiger partial charge < -0.3 is 9.88 Å². The van der Waals surface area contributed by atoms with Crippen LogP contribution in [0.4, 0.5) is 0 Å². The van der Waals surface area contributed by atoms with Crippen LogP contribution in [0.5, 0.6) is 0 Å². The molecule has 2 aromatic rings. The van der Waals surface area contributed by atoms with Crippen LogP contribution in [0.25, 0.3) is 11.0 Å². The Labute approximate surface area is 208 Å². The highest BCUT2D eigenvalue weighted by molar-refractivity contribution is 7.89. The summed E-state index contributed by atoms with van der Waals surface area (Å²) in [5.74, 6) is 3.43. The van der Waals surface area contributed by atoms with Crippen molar-refractivity contribution in [1.82, 2.24) is 19.2 Å². The van der Waals surface area contributed by atoms with E-state index in [1.54, 1.807) is 16.4 Å². The van der Waals surface area contributed by atoms with E-state index in [9.17, 15) is 13.2 Å². The quantitative estimate of drug-likeness (QED) is 0.590. The molecule has 7 nitrogen and oxygen atoms in total. The van der Waals surface area contributed by atoms with Crippen molar-refractivity contribution in [3.05, 3.63) is 24.0 Å². The van der Waals surface area contributed by atoms with Crippen LogP contribution in [0.1, 0.15) is 77.0 Å². The van der Waals surface area contributed by atoms with Gasteiger partial charge in [0.1, 0.15) is 5.82 Å². The van der Waals surface area contributed by atoms with Gasteiger partial charge in [0.05, 0.1) is 15.9 Å². The first kappa shape index (κ1) is 23.5. The fourth-order valence-corrected chi connectivity index (χ4v) is 9.45. The van der Waals surface area contributed by atoms with Gasteiger partial charge in [-0.15, -0.1) is 0 Å². The molecule has 0 radical (unpaired) electrons. The second-order valence-electron chi connectivity index (χ2n) is 11.7. The summed E-state index contributed by atoms with van der Waals surface area (Å²) in [6, 6.07) is 5.32. The number of benzene rings is 1. The molecular formula is C27H38N4O3S. The fourth-order valence-electron chi connectivity index (χ4n) is 7.91. The maximum atomic E-state index is 13.1. The minimum Gasteiger partial charge on any atom is -0.351 e. The number of hydrogen-bond acceptors (Lipinski definition) is 4. The normalized spacial score (nSPS) is 30.4. The molecule has 1 saturated heterocycles. The summed E-state index contributed by atoms with van der Waals surface area (Å²) < 4.78 is 29.8. The van der Waals surface area contributed by atoms with Crippen molar-refractivity contribution >= 4 is 27.0 Å². The van der Waals surface area contributed by atoms with Gasteiger partial charge in [-0.3, -0.25) is 4.79 Å². The molecule has 0 unspecified atom stereocenters. The molecule has 4 bridgehead atoms. The summed E-state index contributed by atoms with van der Waals surface area (Å²) in [6.07, 6.45) is 11.4. The smallest absolute Gasteiger partial charge is 0.243 e. The van der Waals surface area contributed by atoms with Gasteiger partial charge in [0.25, 0.3) is 0 Å². The van der Waals surface area contributed by atoms with E-state index in [2.05, 4.69) is 16.8 Å². The van der Waals surface area contributed by atoms with Gasteiger partial charge in [-0.2, -0.15) is 4.31 Å². The number of carbonyl (C=O) groups is 1. The average molecular weight is 499 g/mol. The third-order valence-corrected chi connectivity index (χ3v) is 10.9. The number of carbonyl (C=O) groups excluding carboxylic acids is 1. The standard InChI is InChI=1S/C27H38N4O3S/c1-2-9-31-24-6-5-22(35(33,34)30-10-3-4-11-30)15-23(24)28-25(31)7-8-26(32)29-27-16-19-12-20(17-27)14-21(13-19)18-27/h5-6,15,19-21H,2-4,7-14,16-18H2,1H3,(H,29,32). The molecule has 0 atom stereocenters. The first-order chi connectivity index (χ1) is 16.8. The third-order valence-electron chi connectivity index (χ3n) is 8.97. The Morgan fingerprint density at radius 1 is 1.09 bits per heavy atom. The van der Waals surface area contributed by atoms with E-state index in [-0.39, 0.29) is 11.4 Å². The SMILES string of the molecule is CCCn1c(CCC(=O)NC23CC4CC(CC(C4)C2)C3)nc2cc(S(=O)(=O)N3CCCC3)ccc21. The molecule has 7 rings (SSSR count). The third kappa shape index (κ3) is 4.31. The van der Waals surface area contributed by atoms with Gasteiger partial charge in [0.15, 0.2) is 0 Å². The number of nitrogens with one attached hydrogen (secondary N) is 1. The number of hydrogen-bond donors (Lipinski definition) is 1. The fraction of sp³-hybridized carbons (Fsp3) is 0.704. The number of aryl methyl sites for hydroxylation is 2. The van der Waals surface area contributed by atoms with Crippen LogP contribution < -0.4 is 5.32 Å². The Kier molecular flexibility index (Phi) is 5.95. The second-order valence-corrected chi connectivity index (χ2v) is 13.6. The Bertz CT molecular complexity index is 1190. The number of fused-ring (bicyclic) bond motifs is 1. The lowest BCUT2D eigenvalue weighted by Gasteiger charge is -2.56. The molecule has 1 aromatic heterocycles. The summed E-state index contributed by atoms with van der Waals surface area (Å²) in [5, 5.41) is 3.48. The Hall–Kier alpha value is -1.93. The van der Waals surface area contributed by atoms with E-state index in [1.165, 1.54) is 19.3 Å². The number of imidazole rings is 1. The highest BCUT2D eigenvalue weighted by Crippen LogP contribution is 2.55. The summed E-state index contributed by atoms with van der Waals surface area (Å²) >= 11 is 0. The van der Waals surface area contributed by atoms with Crippen LogP contribution in [0.2, 0.25) is 0 Å². The highest BCUT2D eigenvalue weighted by Gasteiger charge is 2.51. The largest absolute Gasteiger partial charge is 0.351 e. The Balaban J connectivity index is 1.19. The molecule has 0 spiro atoms. The minimum atomic E-state index is -3.48. The zero-order chi connectivity index (χ0) is 24.2. The van der Waals surface area contributed by atoms with Crippen LogP contribution >= 0.6 is 0 Å². The van der Waals surface area contributed by atoms with Crippen LogP contribution in [0.15, 0.2) is 23.1 Å². The summed E-state index contributed by atoms with van der Waals surface area (Å²) in [4.78, 5) is 18.2. The van der Waals surface area contributed by atoms with Crippen LogP contribution in [0.3, 0.4) is 0 Å². The van der Waals surface area contributed by atoms with E-state index in [4.69, 9.17) is 4.98 Å². The van der Waals surface area contributed by atoms with Crippen molar-refractivity contribution in [2.75, 3.05) is 13.1 Å². The highest BCUT2D eigenvalue weighted by atomic mass is 32.2. The average Bonchev–Trinajstić information content (AvgIpc) is 3.45. The van der Waals surface area contributed by atoms with Crippen LogP contribution in [-0.2, 0) is 27.8 Å². The van der Waals surface area contributed by atoms with Gasteiger partial charge in [-0.05, 0) is 93.7 Å². The number of aromatic nitrogens is 2. The molecule has 1 N–H and O–H groups in total. The maximum absolute atomic E-state index is 13.1. The molecule has 35 heavy (non-hydrogen) atoms. The topological polar surface area (TPSA) is 84.3 Å². The number of rotatable bonds is 8. The lowest BCUT2D eigenvalue weighted by Crippen LogP contribution is -2.59. The van der Waals surface area contributed by atoms with Crippen molar-refractivity contribution in [3.8, 4) is 0 Å². The molecule has 1 amide bonds. The van der Waals surface area contributed by atoms with Gasteiger partial charge in [0, 0.05) is 38.0 Å². The Morgan fingerprint density at radius 3 is 2.37 bits per heavy atom. The first-order valence-corrected chi connectivity index (χ1v) is 15.1. The van der Waals surface area contributed by atoms with E-state index >= 15 is 0 Å². The summed E-state index contributed by atoms with van der Waals surface area (Å²) in [6.45, 7) is 4.12. The van der Waals surface area contributed by atoms with E-state index in [0.29, 0.717) is 36.3 Å².